The average Bonchev–Trinajstić information content (AvgIpc) is 3.74. The Bertz CT molecular complexity index is 1670. The molecule has 6 rings (SSSR count). The Morgan fingerprint density at radius 1 is 1.20 bits per heavy atom. The highest BCUT2D eigenvalue weighted by Gasteiger charge is 2.44. The summed E-state index contributed by atoms with van der Waals surface area (Å²) >= 11 is 1.69. The van der Waals surface area contributed by atoms with Crippen LogP contribution >= 0.6 is 11.3 Å². The van der Waals surface area contributed by atoms with E-state index < -0.39 is 5.41 Å². The number of hydrogen-bond donors (Lipinski definition) is 2. The molecule has 9 heteroatoms. The Hall–Kier alpha value is -4.26. The zero-order valence-corrected chi connectivity index (χ0v) is 23.8. The molecule has 8 nitrogen and oxygen atoms in total. The fraction of sp³-hybridized carbons (Fsp3) is 0.312. The largest absolute Gasteiger partial charge is 0.338 e. The maximum atomic E-state index is 13.7. The van der Waals surface area contributed by atoms with Gasteiger partial charge in [-0.1, -0.05) is 6.08 Å². The van der Waals surface area contributed by atoms with Gasteiger partial charge in [0, 0.05) is 54.6 Å². The van der Waals surface area contributed by atoms with Crippen molar-refractivity contribution in [1.29, 1.82) is 0 Å². The monoisotopic (exact) mass is 564 g/mol. The van der Waals surface area contributed by atoms with Gasteiger partial charge in [0.15, 0.2) is 0 Å². The minimum absolute atomic E-state index is 0.0896. The van der Waals surface area contributed by atoms with Gasteiger partial charge in [-0.3, -0.25) is 24.6 Å². The number of thiophene rings is 1. The number of H-pyrrole nitrogens is 1. The number of anilines is 1. The normalized spacial score (nSPS) is 19.2. The van der Waals surface area contributed by atoms with Crippen molar-refractivity contribution in [3.63, 3.8) is 0 Å². The summed E-state index contributed by atoms with van der Waals surface area (Å²) in [6, 6.07) is 11.8. The molecule has 0 aliphatic carbocycles. The third-order valence-electron chi connectivity index (χ3n) is 8.16. The first-order chi connectivity index (χ1) is 19.9. The van der Waals surface area contributed by atoms with E-state index >= 15 is 0 Å². The molecule has 0 bridgehead atoms. The number of pyridine rings is 1. The summed E-state index contributed by atoms with van der Waals surface area (Å²) in [5.74, 6) is 2.70. The lowest BCUT2D eigenvalue weighted by Gasteiger charge is -2.29. The Balaban J connectivity index is 1.13. The number of aryl methyl sites for hydroxylation is 1. The van der Waals surface area contributed by atoms with Gasteiger partial charge in [-0.25, -0.2) is 0 Å². The molecule has 0 saturated carbocycles. The van der Waals surface area contributed by atoms with Gasteiger partial charge in [0.05, 0.1) is 17.5 Å². The summed E-state index contributed by atoms with van der Waals surface area (Å²) in [7, 11) is 0. The predicted octanol–water partition coefficient (Wildman–Crippen LogP) is 4.96. The van der Waals surface area contributed by atoms with E-state index in [2.05, 4.69) is 54.2 Å². The molecule has 2 aliphatic heterocycles. The number of terminal acetylenes is 1. The van der Waals surface area contributed by atoms with E-state index in [4.69, 9.17) is 6.42 Å². The summed E-state index contributed by atoms with van der Waals surface area (Å²) < 4.78 is 0. The number of carbonyl (C=O) groups excluding carboxylic acids is 2. The highest BCUT2D eigenvalue weighted by Crippen LogP contribution is 2.36. The van der Waals surface area contributed by atoms with Gasteiger partial charge in [0.1, 0.15) is 5.69 Å². The number of aromatic nitrogens is 3. The highest BCUT2D eigenvalue weighted by atomic mass is 32.1. The molecule has 3 aromatic heterocycles. The van der Waals surface area contributed by atoms with E-state index in [1.165, 1.54) is 11.1 Å². The maximum absolute atomic E-state index is 13.7. The lowest BCUT2D eigenvalue weighted by Crippen LogP contribution is -2.43. The van der Waals surface area contributed by atoms with E-state index in [0.29, 0.717) is 44.7 Å². The molecule has 0 radical (unpaired) electrons. The topological polar surface area (TPSA) is 94.2 Å². The van der Waals surface area contributed by atoms with Gasteiger partial charge in [-0.05, 0) is 84.6 Å². The summed E-state index contributed by atoms with van der Waals surface area (Å²) in [6.45, 7) is 4.66. The van der Waals surface area contributed by atoms with Crippen molar-refractivity contribution in [3.05, 3.63) is 70.7 Å². The lowest BCUT2D eigenvalue weighted by molar-refractivity contribution is -0.132. The maximum Gasteiger partial charge on any atom is 0.237 e. The second kappa shape index (κ2) is 11.3. The van der Waals surface area contributed by atoms with Crippen molar-refractivity contribution in [1.82, 2.24) is 25.0 Å². The van der Waals surface area contributed by atoms with Gasteiger partial charge in [0.25, 0.3) is 0 Å². The van der Waals surface area contributed by atoms with Gasteiger partial charge in [-0.15, -0.1) is 12.3 Å². The number of amides is 2. The van der Waals surface area contributed by atoms with Crippen LogP contribution in [0.4, 0.5) is 5.69 Å². The average molecular weight is 565 g/mol. The zero-order valence-electron chi connectivity index (χ0n) is 23.0. The van der Waals surface area contributed by atoms with Crippen LogP contribution in [-0.4, -0.2) is 69.5 Å². The van der Waals surface area contributed by atoms with Gasteiger partial charge in [-0.2, -0.15) is 16.4 Å². The van der Waals surface area contributed by atoms with Crippen LogP contribution in [0.5, 0.6) is 0 Å². The van der Waals surface area contributed by atoms with E-state index in [1.807, 2.05) is 42.2 Å². The van der Waals surface area contributed by atoms with Crippen molar-refractivity contribution < 1.29 is 9.59 Å². The minimum atomic E-state index is -0.751. The molecule has 2 aliphatic rings. The molecule has 1 saturated heterocycles. The number of nitrogens with one attached hydrogen (secondary N) is 2. The SMILES string of the molecule is C#CCC1(C(=O)Nc2ccc3[nH]nc(-c4ccnc(C)c4)c3c2)CCN(CC(=O)N2CC=C(c3ccsc3)CC2)C1. The molecule has 2 N–H and O–H groups in total. The number of likely N-dealkylation sites (tertiary alicyclic amines) is 1. The fourth-order valence-electron chi connectivity index (χ4n) is 5.86. The van der Waals surface area contributed by atoms with Crippen LogP contribution in [-0.2, 0) is 9.59 Å². The molecule has 1 unspecified atom stereocenters. The third-order valence-corrected chi connectivity index (χ3v) is 8.84. The molecular formula is C32H32N6O2S. The standard InChI is InChI=1S/C32H32N6O2S/c1-3-10-32(11-15-37(21-32)19-29(39)38-13-7-23(8-14-38)25-9-16-41-20-25)31(40)34-26-4-5-28-27(18-26)30(36-35-28)24-6-12-33-22(2)17-24/h1,4-7,9,12,16-18,20H,8,10-11,13-15,19,21H2,2H3,(H,34,40)(H,35,36). The van der Waals surface area contributed by atoms with E-state index in [0.717, 1.165) is 34.3 Å². The number of rotatable bonds is 7. The van der Waals surface area contributed by atoms with E-state index in [1.54, 1.807) is 17.5 Å². The van der Waals surface area contributed by atoms with Crippen LogP contribution in [0.25, 0.3) is 27.7 Å². The Kier molecular flexibility index (Phi) is 7.43. The minimum Gasteiger partial charge on any atom is -0.338 e. The number of fused-ring (bicyclic) bond motifs is 1. The Morgan fingerprint density at radius 2 is 2.10 bits per heavy atom. The predicted molar refractivity (Wildman–Crippen MR) is 163 cm³/mol. The van der Waals surface area contributed by atoms with E-state index in [-0.39, 0.29) is 18.4 Å². The quantitative estimate of drug-likeness (QED) is 0.310. The number of hydrogen-bond acceptors (Lipinski definition) is 6. The van der Waals surface area contributed by atoms with Gasteiger partial charge in [0.2, 0.25) is 11.8 Å². The summed E-state index contributed by atoms with van der Waals surface area (Å²) in [5, 5.41) is 15.8. The van der Waals surface area contributed by atoms with Gasteiger partial charge >= 0.3 is 0 Å². The molecule has 41 heavy (non-hydrogen) atoms. The van der Waals surface area contributed by atoms with Crippen molar-refractivity contribution in [2.45, 2.75) is 26.2 Å². The van der Waals surface area contributed by atoms with Crippen LogP contribution in [0.2, 0.25) is 0 Å². The molecule has 1 atom stereocenters. The van der Waals surface area contributed by atoms with Gasteiger partial charge < -0.3 is 10.2 Å². The van der Waals surface area contributed by atoms with Crippen LogP contribution in [0.1, 0.15) is 30.5 Å². The lowest BCUT2D eigenvalue weighted by atomic mass is 9.82. The van der Waals surface area contributed by atoms with Crippen molar-refractivity contribution in [2.75, 3.05) is 38.0 Å². The fourth-order valence-corrected chi connectivity index (χ4v) is 6.54. The van der Waals surface area contributed by atoms with Crippen LogP contribution < -0.4 is 5.32 Å². The summed E-state index contributed by atoms with van der Waals surface area (Å²) in [4.78, 5) is 35.1. The highest BCUT2D eigenvalue weighted by molar-refractivity contribution is 7.08. The second-order valence-electron chi connectivity index (χ2n) is 10.9. The molecular weight excluding hydrogens is 532 g/mol. The first-order valence-electron chi connectivity index (χ1n) is 13.8. The number of benzene rings is 1. The van der Waals surface area contributed by atoms with Crippen molar-refractivity contribution in [3.8, 4) is 23.6 Å². The van der Waals surface area contributed by atoms with Crippen molar-refractivity contribution in [2.24, 2.45) is 5.41 Å². The zero-order chi connectivity index (χ0) is 28.4. The molecule has 1 aromatic carbocycles. The Morgan fingerprint density at radius 3 is 2.85 bits per heavy atom. The smallest absolute Gasteiger partial charge is 0.237 e. The van der Waals surface area contributed by atoms with Crippen LogP contribution in [0.15, 0.2) is 59.4 Å². The number of aromatic amines is 1. The Labute approximate surface area is 243 Å². The van der Waals surface area contributed by atoms with E-state index in [9.17, 15) is 9.59 Å². The van der Waals surface area contributed by atoms with Crippen LogP contribution in [0.3, 0.4) is 0 Å². The molecule has 1 fully saturated rings. The molecule has 4 aromatic rings. The molecule has 208 valence electrons. The second-order valence-corrected chi connectivity index (χ2v) is 11.7. The molecule has 0 spiro atoms. The number of carbonyl (C=O) groups is 2. The number of nitrogens with zero attached hydrogens (tertiary/aromatic N) is 4. The first-order valence-corrected chi connectivity index (χ1v) is 14.8. The molecule has 2 amide bonds. The molecule has 5 heterocycles. The van der Waals surface area contributed by atoms with Crippen LogP contribution in [0, 0.1) is 24.7 Å². The van der Waals surface area contributed by atoms with Crippen molar-refractivity contribution >= 4 is 45.3 Å². The summed E-state index contributed by atoms with van der Waals surface area (Å²) in [6.07, 6.45) is 11.4. The summed E-state index contributed by atoms with van der Waals surface area (Å²) in [5.41, 5.74) is 6.04. The first kappa shape index (κ1) is 26.9. The third kappa shape index (κ3) is 5.53.